The van der Waals surface area contributed by atoms with E-state index in [9.17, 15) is 4.79 Å². The highest BCUT2D eigenvalue weighted by Crippen LogP contribution is 2.13. The second-order valence-electron chi connectivity index (χ2n) is 7.49. The van der Waals surface area contributed by atoms with Crippen LogP contribution in [0, 0.1) is 0 Å². The highest BCUT2D eigenvalue weighted by molar-refractivity contribution is 14.0. The molecule has 0 aliphatic carbocycles. The molecule has 3 rings (SSSR count). The predicted molar refractivity (Wildman–Crippen MR) is 141 cm³/mol. The summed E-state index contributed by atoms with van der Waals surface area (Å²) < 4.78 is 10.6. The molecule has 8 nitrogen and oxygen atoms in total. The average molecular weight is 567 g/mol. The Bertz CT molecular complexity index is 886. The van der Waals surface area contributed by atoms with Gasteiger partial charge < -0.3 is 25.4 Å². The highest BCUT2D eigenvalue weighted by atomic mass is 127. The lowest BCUT2D eigenvalue weighted by Crippen LogP contribution is -2.41. The van der Waals surface area contributed by atoms with E-state index in [2.05, 4.69) is 50.1 Å². The molecule has 1 amide bonds. The van der Waals surface area contributed by atoms with Crippen LogP contribution < -0.4 is 20.7 Å². The number of morpholine rings is 1. The van der Waals surface area contributed by atoms with Crippen LogP contribution in [-0.2, 0) is 17.8 Å². The number of guanidine groups is 1. The van der Waals surface area contributed by atoms with E-state index in [-0.39, 0.29) is 29.9 Å². The van der Waals surface area contributed by atoms with Crippen molar-refractivity contribution in [2.45, 2.75) is 13.1 Å². The van der Waals surface area contributed by atoms with Gasteiger partial charge in [0, 0.05) is 51.9 Å². The van der Waals surface area contributed by atoms with Gasteiger partial charge in [-0.1, -0.05) is 24.3 Å². The third-order valence-electron chi connectivity index (χ3n) is 5.34. The SMILES string of the molecule is CN=C(NCCNC(=O)c1ccc(OC)cc1)NCc1ccccc1CN1CCOCC1.I. The lowest BCUT2D eigenvalue weighted by molar-refractivity contribution is 0.0341. The summed E-state index contributed by atoms with van der Waals surface area (Å²) >= 11 is 0. The van der Waals surface area contributed by atoms with E-state index in [1.807, 2.05) is 0 Å². The van der Waals surface area contributed by atoms with Crippen LogP contribution in [0.2, 0.25) is 0 Å². The number of hydrogen-bond acceptors (Lipinski definition) is 5. The molecule has 1 heterocycles. The van der Waals surface area contributed by atoms with Crippen LogP contribution in [0.25, 0.3) is 0 Å². The fraction of sp³-hybridized carbons (Fsp3) is 0.417. The summed E-state index contributed by atoms with van der Waals surface area (Å²) in [6, 6.07) is 15.5. The summed E-state index contributed by atoms with van der Waals surface area (Å²) in [4.78, 5) is 18.9. The van der Waals surface area contributed by atoms with Crippen molar-refractivity contribution in [3.05, 3.63) is 65.2 Å². The molecule has 1 aliphatic rings. The van der Waals surface area contributed by atoms with Crippen LogP contribution in [0.15, 0.2) is 53.5 Å². The number of carbonyl (C=O) groups is 1. The molecule has 0 aromatic heterocycles. The highest BCUT2D eigenvalue weighted by Gasteiger charge is 2.13. The number of methoxy groups -OCH3 is 1. The Labute approximate surface area is 213 Å². The maximum Gasteiger partial charge on any atom is 0.251 e. The van der Waals surface area contributed by atoms with Gasteiger partial charge in [-0.15, -0.1) is 24.0 Å². The van der Waals surface area contributed by atoms with Crippen LogP contribution in [-0.4, -0.2) is 70.3 Å². The van der Waals surface area contributed by atoms with Gasteiger partial charge in [-0.25, -0.2) is 0 Å². The molecule has 1 fully saturated rings. The lowest BCUT2D eigenvalue weighted by Gasteiger charge is -2.27. The van der Waals surface area contributed by atoms with Crippen molar-refractivity contribution in [1.82, 2.24) is 20.9 Å². The zero-order valence-electron chi connectivity index (χ0n) is 19.3. The molecule has 2 aromatic carbocycles. The fourth-order valence-corrected chi connectivity index (χ4v) is 3.49. The largest absolute Gasteiger partial charge is 0.497 e. The van der Waals surface area contributed by atoms with Crippen LogP contribution in [0.5, 0.6) is 5.75 Å². The van der Waals surface area contributed by atoms with Crippen LogP contribution in [0.4, 0.5) is 0 Å². The van der Waals surface area contributed by atoms with Crippen molar-refractivity contribution in [3.8, 4) is 5.75 Å². The first kappa shape index (κ1) is 26.9. The third-order valence-corrected chi connectivity index (χ3v) is 5.34. The number of halogens is 1. The Kier molecular flexibility index (Phi) is 12.0. The van der Waals surface area contributed by atoms with Gasteiger partial charge in [-0.05, 0) is 35.4 Å². The van der Waals surface area contributed by atoms with Gasteiger partial charge in [0.05, 0.1) is 20.3 Å². The van der Waals surface area contributed by atoms with Gasteiger partial charge in [0.2, 0.25) is 0 Å². The Morgan fingerprint density at radius 2 is 1.67 bits per heavy atom. The first-order chi connectivity index (χ1) is 15.7. The molecule has 0 unspecified atom stereocenters. The first-order valence-corrected chi connectivity index (χ1v) is 10.9. The molecule has 0 saturated carbocycles. The normalized spacial score (nSPS) is 14.2. The van der Waals surface area contributed by atoms with E-state index in [4.69, 9.17) is 9.47 Å². The molecule has 180 valence electrons. The maximum atomic E-state index is 12.2. The number of benzene rings is 2. The number of aliphatic imine (C=N–C) groups is 1. The first-order valence-electron chi connectivity index (χ1n) is 10.9. The van der Waals surface area contributed by atoms with E-state index < -0.39 is 0 Å². The molecule has 1 aliphatic heterocycles. The Balaban J connectivity index is 0.00000385. The molecule has 0 spiro atoms. The summed E-state index contributed by atoms with van der Waals surface area (Å²) in [5, 5.41) is 9.51. The van der Waals surface area contributed by atoms with Gasteiger partial charge in [-0.3, -0.25) is 14.7 Å². The van der Waals surface area contributed by atoms with Gasteiger partial charge in [0.25, 0.3) is 5.91 Å². The fourth-order valence-electron chi connectivity index (χ4n) is 3.49. The summed E-state index contributed by atoms with van der Waals surface area (Å²) in [6.45, 7) is 6.18. The summed E-state index contributed by atoms with van der Waals surface area (Å²) in [5.41, 5.74) is 3.16. The smallest absolute Gasteiger partial charge is 0.251 e. The van der Waals surface area contributed by atoms with Crippen molar-refractivity contribution in [1.29, 1.82) is 0 Å². The van der Waals surface area contributed by atoms with Crippen LogP contribution >= 0.6 is 24.0 Å². The monoisotopic (exact) mass is 567 g/mol. The van der Waals surface area contributed by atoms with Gasteiger partial charge in [0.15, 0.2) is 5.96 Å². The minimum absolute atomic E-state index is 0. The van der Waals surface area contributed by atoms with Crippen molar-refractivity contribution in [2.24, 2.45) is 4.99 Å². The van der Waals surface area contributed by atoms with Crippen molar-refractivity contribution in [2.75, 3.05) is 53.6 Å². The molecule has 0 bridgehead atoms. The topological polar surface area (TPSA) is 87.2 Å². The predicted octanol–water partition coefficient (Wildman–Crippen LogP) is 2.24. The number of ether oxygens (including phenoxy) is 2. The quantitative estimate of drug-likeness (QED) is 0.187. The standard InChI is InChI=1S/C24H33N5O3.HI/c1-25-24(27-12-11-26-23(30)19-7-9-22(31-2)10-8-19)28-17-20-5-3-4-6-21(20)18-29-13-15-32-16-14-29;/h3-10H,11-18H2,1-2H3,(H,26,30)(H2,25,27,28);1H. The molecule has 33 heavy (non-hydrogen) atoms. The minimum atomic E-state index is -0.116. The number of carbonyl (C=O) groups excluding carboxylic acids is 1. The number of amides is 1. The molecule has 1 saturated heterocycles. The van der Waals surface area contributed by atoms with E-state index in [1.54, 1.807) is 38.4 Å². The Morgan fingerprint density at radius 1 is 1.00 bits per heavy atom. The summed E-state index contributed by atoms with van der Waals surface area (Å²) in [6.07, 6.45) is 0. The number of nitrogens with zero attached hydrogens (tertiary/aromatic N) is 2. The Morgan fingerprint density at radius 3 is 2.33 bits per heavy atom. The zero-order valence-corrected chi connectivity index (χ0v) is 21.6. The lowest BCUT2D eigenvalue weighted by atomic mass is 10.1. The van der Waals surface area contributed by atoms with Crippen molar-refractivity contribution in [3.63, 3.8) is 0 Å². The molecule has 0 radical (unpaired) electrons. The van der Waals surface area contributed by atoms with E-state index in [0.717, 1.165) is 38.6 Å². The van der Waals surface area contributed by atoms with Crippen LogP contribution in [0.1, 0.15) is 21.5 Å². The second-order valence-corrected chi connectivity index (χ2v) is 7.49. The number of hydrogen-bond donors (Lipinski definition) is 3. The van der Waals surface area contributed by atoms with Gasteiger partial charge in [0.1, 0.15) is 5.75 Å². The summed E-state index contributed by atoms with van der Waals surface area (Å²) in [5.74, 6) is 1.31. The number of nitrogens with one attached hydrogen (secondary N) is 3. The molecule has 0 atom stereocenters. The zero-order chi connectivity index (χ0) is 22.6. The third kappa shape index (κ3) is 8.82. The average Bonchev–Trinajstić information content (AvgIpc) is 2.85. The molecule has 2 aromatic rings. The van der Waals surface area contributed by atoms with Gasteiger partial charge in [-0.2, -0.15) is 0 Å². The Hall–Kier alpha value is -2.37. The van der Waals surface area contributed by atoms with E-state index >= 15 is 0 Å². The van der Waals surface area contributed by atoms with E-state index in [1.165, 1.54) is 11.1 Å². The molecular formula is C24H34IN5O3. The molecule has 3 N–H and O–H groups in total. The molecule has 9 heteroatoms. The van der Waals surface area contributed by atoms with Crippen molar-refractivity contribution >= 4 is 35.8 Å². The number of rotatable bonds is 9. The van der Waals surface area contributed by atoms with Crippen molar-refractivity contribution < 1.29 is 14.3 Å². The summed E-state index contributed by atoms with van der Waals surface area (Å²) in [7, 11) is 3.34. The minimum Gasteiger partial charge on any atom is -0.497 e. The van der Waals surface area contributed by atoms with Crippen LogP contribution in [0.3, 0.4) is 0 Å². The second kappa shape index (κ2) is 14.7. The molecular weight excluding hydrogens is 533 g/mol. The maximum absolute atomic E-state index is 12.2. The van der Waals surface area contributed by atoms with Gasteiger partial charge >= 0.3 is 0 Å². The van der Waals surface area contributed by atoms with E-state index in [0.29, 0.717) is 31.2 Å².